The molecular formula is C17H17BrClN3O3. The van der Waals surface area contributed by atoms with E-state index in [1.54, 1.807) is 43.3 Å². The molecule has 0 aliphatic heterocycles. The molecule has 2 rings (SSSR count). The largest absolute Gasteiger partial charge is 0.504 e. The highest BCUT2D eigenvalue weighted by Gasteiger charge is 2.12. The van der Waals surface area contributed by atoms with E-state index in [0.29, 0.717) is 20.8 Å². The summed E-state index contributed by atoms with van der Waals surface area (Å²) >= 11 is 9.14. The van der Waals surface area contributed by atoms with Gasteiger partial charge in [-0.05, 0) is 43.3 Å². The van der Waals surface area contributed by atoms with Gasteiger partial charge in [0, 0.05) is 20.7 Å². The smallest absolute Gasteiger partial charge is 0.262 e. The molecule has 0 spiro atoms. The predicted molar refractivity (Wildman–Crippen MR) is 103 cm³/mol. The van der Waals surface area contributed by atoms with Crippen LogP contribution in [0.2, 0.25) is 5.02 Å². The normalized spacial score (nSPS) is 12.0. The maximum Gasteiger partial charge on any atom is 0.262 e. The van der Waals surface area contributed by atoms with Crippen LogP contribution in [-0.4, -0.2) is 30.4 Å². The average molecular weight is 427 g/mol. The number of hydrogen-bond acceptors (Lipinski definition) is 5. The van der Waals surface area contributed by atoms with Crippen LogP contribution < -0.4 is 15.5 Å². The topological polar surface area (TPSA) is 83.0 Å². The molecule has 0 saturated carbocycles. The number of aromatic hydroxyl groups is 1. The third-order valence-corrected chi connectivity index (χ3v) is 4.00. The van der Waals surface area contributed by atoms with Gasteiger partial charge in [0.2, 0.25) is 0 Å². The zero-order valence-corrected chi connectivity index (χ0v) is 15.9. The number of rotatable bonds is 6. The molecule has 3 N–H and O–H groups in total. The van der Waals surface area contributed by atoms with Gasteiger partial charge in [-0.25, -0.2) is 5.43 Å². The second-order valence-electron chi connectivity index (χ2n) is 5.15. The number of anilines is 1. The van der Waals surface area contributed by atoms with E-state index < -0.39 is 6.04 Å². The minimum atomic E-state index is -0.510. The predicted octanol–water partition coefficient (Wildman–Crippen LogP) is 3.77. The molecular weight excluding hydrogens is 410 g/mol. The van der Waals surface area contributed by atoms with E-state index in [4.69, 9.17) is 16.3 Å². The number of methoxy groups -OCH3 is 1. The number of carbonyl (C=O) groups excluding carboxylic acids is 1. The van der Waals surface area contributed by atoms with Crippen LogP contribution in [-0.2, 0) is 4.79 Å². The lowest BCUT2D eigenvalue weighted by molar-refractivity contribution is -0.121. The molecule has 0 bridgehead atoms. The van der Waals surface area contributed by atoms with Crippen LogP contribution in [0.15, 0.2) is 46.0 Å². The highest BCUT2D eigenvalue weighted by atomic mass is 79.9. The highest BCUT2D eigenvalue weighted by Crippen LogP contribution is 2.32. The van der Waals surface area contributed by atoms with Crippen LogP contribution in [0.25, 0.3) is 0 Å². The van der Waals surface area contributed by atoms with Crippen LogP contribution in [0.1, 0.15) is 12.5 Å². The Labute approximate surface area is 159 Å². The molecule has 0 saturated heterocycles. The fourth-order valence-electron chi connectivity index (χ4n) is 1.97. The van der Waals surface area contributed by atoms with Gasteiger partial charge in [-0.15, -0.1) is 0 Å². The van der Waals surface area contributed by atoms with Gasteiger partial charge < -0.3 is 15.2 Å². The number of phenols is 1. The second kappa shape index (κ2) is 8.73. The molecule has 0 aromatic heterocycles. The summed E-state index contributed by atoms with van der Waals surface area (Å²) in [5.41, 5.74) is 3.60. The summed E-state index contributed by atoms with van der Waals surface area (Å²) in [5, 5.41) is 17.6. The maximum atomic E-state index is 12.1. The quantitative estimate of drug-likeness (QED) is 0.485. The van der Waals surface area contributed by atoms with Crippen molar-refractivity contribution >= 4 is 45.3 Å². The zero-order valence-electron chi connectivity index (χ0n) is 13.6. The Hall–Kier alpha value is -2.25. The van der Waals surface area contributed by atoms with Crippen molar-refractivity contribution in [3.8, 4) is 11.5 Å². The first kappa shape index (κ1) is 19.1. The first-order valence-corrected chi connectivity index (χ1v) is 8.49. The Kier molecular flexibility index (Phi) is 6.66. The van der Waals surface area contributed by atoms with Gasteiger partial charge in [0.25, 0.3) is 5.91 Å². The van der Waals surface area contributed by atoms with Gasteiger partial charge in [0.1, 0.15) is 6.04 Å². The van der Waals surface area contributed by atoms with Gasteiger partial charge in [-0.3, -0.25) is 4.79 Å². The number of amides is 1. The molecule has 0 fully saturated rings. The number of hydrazone groups is 1. The summed E-state index contributed by atoms with van der Waals surface area (Å²) in [6.45, 7) is 1.71. The summed E-state index contributed by atoms with van der Waals surface area (Å²) in [5.74, 6) is -0.0800. The van der Waals surface area contributed by atoms with Crippen molar-refractivity contribution in [3.63, 3.8) is 0 Å². The third-order valence-electron chi connectivity index (χ3n) is 3.29. The molecule has 1 atom stereocenters. The van der Waals surface area contributed by atoms with Crippen LogP contribution in [0, 0.1) is 0 Å². The van der Waals surface area contributed by atoms with E-state index in [-0.39, 0.29) is 11.7 Å². The minimum Gasteiger partial charge on any atom is -0.504 e. The minimum absolute atomic E-state index is 0.0592. The first-order valence-electron chi connectivity index (χ1n) is 7.32. The summed E-state index contributed by atoms with van der Waals surface area (Å²) in [6.07, 6.45) is 1.34. The average Bonchev–Trinajstić information content (AvgIpc) is 2.59. The Balaban J connectivity index is 1.98. The molecule has 1 amide bonds. The Morgan fingerprint density at radius 1 is 1.36 bits per heavy atom. The Morgan fingerprint density at radius 3 is 2.68 bits per heavy atom. The van der Waals surface area contributed by atoms with E-state index in [2.05, 4.69) is 31.8 Å². The highest BCUT2D eigenvalue weighted by molar-refractivity contribution is 9.10. The van der Waals surface area contributed by atoms with E-state index in [1.807, 2.05) is 0 Å². The van der Waals surface area contributed by atoms with Gasteiger partial charge >= 0.3 is 0 Å². The molecule has 0 aliphatic carbocycles. The summed E-state index contributed by atoms with van der Waals surface area (Å²) in [7, 11) is 1.45. The summed E-state index contributed by atoms with van der Waals surface area (Å²) < 4.78 is 5.77. The van der Waals surface area contributed by atoms with Crippen molar-refractivity contribution in [2.24, 2.45) is 5.10 Å². The molecule has 0 heterocycles. The number of halogens is 2. The van der Waals surface area contributed by atoms with E-state index >= 15 is 0 Å². The standard InChI is InChI=1S/C17H17BrClN3O3/c1-10(21-14-5-3-13(19)4-6-14)17(24)22-20-9-11-7-12(18)8-15(25-2)16(11)23/h3-10,21,23H,1-2H3,(H,22,24)/b20-9+. The second-order valence-corrected chi connectivity index (χ2v) is 6.51. The van der Waals surface area contributed by atoms with Crippen molar-refractivity contribution in [3.05, 3.63) is 51.5 Å². The number of nitrogens with zero attached hydrogens (tertiary/aromatic N) is 1. The van der Waals surface area contributed by atoms with Crippen molar-refractivity contribution in [1.29, 1.82) is 0 Å². The number of phenolic OH excluding ortho intramolecular Hbond substituents is 1. The van der Waals surface area contributed by atoms with Gasteiger partial charge in [0.15, 0.2) is 11.5 Å². The van der Waals surface area contributed by atoms with Crippen LogP contribution >= 0.6 is 27.5 Å². The lowest BCUT2D eigenvalue weighted by Crippen LogP contribution is -2.34. The summed E-state index contributed by atoms with van der Waals surface area (Å²) in [4.78, 5) is 12.1. The molecule has 0 radical (unpaired) electrons. The Morgan fingerprint density at radius 2 is 2.04 bits per heavy atom. The van der Waals surface area contributed by atoms with E-state index in [0.717, 1.165) is 5.69 Å². The molecule has 8 heteroatoms. The van der Waals surface area contributed by atoms with Crippen molar-refractivity contribution < 1.29 is 14.6 Å². The zero-order chi connectivity index (χ0) is 18.4. The number of benzene rings is 2. The van der Waals surface area contributed by atoms with E-state index in [9.17, 15) is 9.90 Å². The van der Waals surface area contributed by atoms with Crippen LogP contribution in [0.5, 0.6) is 11.5 Å². The summed E-state index contributed by atoms with van der Waals surface area (Å²) in [6, 6.07) is 9.80. The Bertz CT molecular complexity index is 781. The molecule has 2 aromatic carbocycles. The first-order chi connectivity index (χ1) is 11.9. The van der Waals surface area contributed by atoms with Crippen molar-refractivity contribution in [2.45, 2.75) is 13.0 Å². The van der Waals surface area contributed by atoms with Gasteiger partial charge in [0.05, 0.1) is 13.3 Å². The maximum absolute atomic E-state index is 12.1. The lowest BCUT2D eigenvalue weighted by atomic mass is 10.2. The molecule has 0 aliphatic rings. The SMILES string of the molecule is COc1cc(Br)cc(/C=N/NC(=O)C(C)Nc2ccc(Cl)cc2)c1O. The molecule has 1 unspecified atom stereocenters. The number of nitrogens with one attached hydrogen (secondary N) is 2. The fraction of sp³-hybridized carbons (Fsp3) is 0.176. The number of carbonyl (C=O) groups is 1. The number of ether oxygens (including phenoxy) is 1. The van der Waals surface area contributed by atoms with Crippen LogP contribution in [0.4, 0.5) is 5.69 Å². The van der Waals surface area contributed by atoms with E-state index in [1.165, 1.54) is 13.3 Å². The lowest BCUT2D eigenvalue weighted by Gasteiger charge is -2.13. The van der Waals surface area contributed by atoms with Crippen molar-refractivity contribution in [2.75, 3.05) is 12.4 Å². The fourth-order valence-corrected chi connectivity index (χ4v) is 2.55. The monoisotopic (exact) mass is 425 g/mol. The molecule has 6 nitrogen and oxygen atoms in total. The molecule has 132 valence electrons. The molecule has 25 heavy (non-hydrogen) atoms. The number of hydrogen-bond donors (Lipinski definition) is 3. The van der Waals surface area contributed by atoms with Crippen LogP contribution in [0.3, 0.4) is 0 Å². The van der Waals surface area contributed by atoms with Gasteiger partial charge in [-0.2, -0.15) is 5.10 Å². The van der Waals surface area contributed by atoms with Crippen molar-refractivity contribution in [1.82, 2.24) is 5.43 Å². The molecule has 2 aromatic rings. The van der Waals surface area contributed by atoms with Gasteiger partial charge in [-0.1, -0.05) is 27.5 Å². The third kappa shape index (κ3) is 5.37.